The van der Waals surface area contributed by atoms with Crippen LogP contribution in [-0.4, -0.2) is 15.0 Å². The fourth-order valence-corrected chi connectivity index (χ4v) is 1.65. The van der Waals surface area contributed by atoms with E-state index in [1.807, 2.05) is 6.07 Å². The zero-order chi connectivity index (χ0) is 9.54. The molecule has 0 radical (unpaired) electrons. The van der Waals surface area contributed by atoms with Crippen LogP contribution in [0.1, 0.15) is 0 Å². The summed E-state index contributed by atoms with van der Waals surface area (Å²) in [6, 6.07) is 5.20. The molecule has 3 rings (SSSR count). The summed E-state index contributed by atoms with van der Waals surface area (Å²) >= 11 is 0. The van der Waals surface area contributed by atoms with Crippen molar-refractivity contribution in [1.82, 2.24) is 15.0 Å². The summed E-state index contributed by atoms with van der Waals surface area (Å²) in [6.45, 7) is 0. The van der Waals surface area contributed by atoms with Crippen LogP contribution in [0.15, 0.2) is 35.4 Å². The van der Waals surface area contributed by atoms with Crippen LogP contribution in [0, 0.1) is 0 Å². The Bertz CT molecular complexity index is 671. The fourth-order valence-electron chi connectivity index (χ4n) is 1.65. The number of pyridine rings is 2. The van der Waals surface area contributed by atoms with E-state index in [4.69, 9.17) is 0 Å². The van der Waals surface area contributed by atoms with Crippen LogP contribution in [0.5, 0.6) is 0 Å². The molecule has 4 nitrogen and oxygen atoms in total. The standard InChI is InChI=1S/C10H7N3O.BrH/c14-9-2-1-6-7-5-11-4-3-8(7)12-10(6)13-9;/h1-5H,(H2,12,13,14);1H. The molecule has 15 heavy (non-hydrogen) atoms. The predicted molar refractivity (Wildman–Crippen MR) is 64.5 cm³/mol. The first-order valence-corrected chi connectivity index (χ1v) is 4.29. The van der Waals surface area contributed by atoms with Crippen LogP contribution < -0.4 is 5.56 Å². The molecule has 0 saturated heterocycles. The summed E-state index contributed by atoms with van der Waals surface area (Å²) in [5.41, 5.74) is 1.63. The van der Waals surface area contributed by atoms with Gasteiger partial charge in [-0.1, -0.05) is 0 Å². The minimum atomic E-state index is -0.1000. The van der Waals surface area contributed by atoms with E-state index in [2.05, 4.69) is 15.0 Å². The second kappa shape index (κ2) is 3.51. The Kier molecular flexibility index (Phi) is 2.32. The Morgan fingerprint density at radius 3 is 2.80 bits per heavy atom. The van der Waals surface area contributed by atoms with Crippen molar-refractivity contribution in [1.29, 1.82) is 0 Å². The second-order valence-electron chi connectivity index (χ2n) is 3.16. The average Bonchev–Trinajstić information content (AvgIpc) is 2.54. The van der Waals surface area contributed by atoms with Gasteiger partial charge in [0, 0.05) is 29.2 Å². The van der Waals surface area contributed by atoms with E-state index < -0.39 is 0 Å². The largest absolute Gasteiger partial charge is 0.341 e. The lowest BCUT2D eigenvalue weighted by atomic mass is 10.2. The first kappa shape index (κ1) is 9.92. The van der Waals surface area contributed by atoms with Gasteiger partial charge in [-0.3, -0.25) is 9.78 Å². The molecule has 0 aliphatic carbocycles. The number of hydrogen-bond donors (Lipinski definition) is 2. The molecular formula is C10H8BrN3O. The lowest BCUT2D eigenvalue weighted by molar-refractivity contribution is 1.27. The Labute approximate surface area is 95.1 Å². The van der Waals surface area contributed by atoms with Crippen LogP contribution in [0.3, 0.4) is 0 Å². The van der Waals surface area contributed by atoms with Crippen molar-refractivity contribution in [2.75, 3.05) is 0 Å². The third kappa shape index (κ3) is 1.45. The summed E-state index contributed by atoms with van der Waals surface area (Å²) in [5.74, 6) is 0. The van der Waals surface area contributed by atoms with Crippen molar-refractivity contribution in [2.24, 2.45) is 0 Å². The van der Waals surface area contributed by atoms with Gasteiger partial charge in [-0.05, 0) is 12.1 Å². The number of fused-ring (bicyclic) bond motifs is 3. The maximum Gasteiger partial charge on any atom is 0.249 e. The number of rotatable bonds is 0. The summed E-state index contributed by atoms with van der Waals surface area (Å²) in [6.07, 6.45) is 3.50. The normalized spacial score (nSPS) is 10.4. The molecule has 0 spiro atoms. The van der Waals surface area contributed by atoms with Crippen LogP contribution in [-0.2, 0) is 0 Å². The highest BCUT2D eigenvalue weighted by molar-refractivity contribution is 8.93. The highest BCUT2D eigenvalue weighted by atomic mass is 79.9. The lowest BCUT2D eigenvalue weighted by Gasteiger charge is -1.87. The number of nitrogens with one attached hydrogen (secondary N) is 2. The summed E-state index contributed by atoms with van der Waals surface area (Å²) in [7, 11) is 0. The Balaban J connectivity index is 0.000000853. The molecule has 0 bridgehead atoms. The van der Waals surface area contributed by atoms with Crippen molar-refractivity contribution in [3.63, 3.8) is 0 Å². The van der Waals surface area contributed by atoms with Gasteiger partial charge in [0.15, 0.2) is 0 Å². The molecule has 76 valence electrons. The number of H-pyrrole nitrogens is 2. The molecule has 0 aliphatic heterocycles. The number of nitrogens with zero attached hydrogens (tertiary/aromatic N) is 1. The molecule has 3 aromatic heterocycles. The van der Waals surface area contributed by atoms with Crippen molar-refractivity contribution < 1.29 is 0 Å². The van der Waals surface area contributed by atoms with E-state index in [0.717, 1.165) is 21.9 Å². The van der Waals surface area contributed by atoms with E-state index in [1.165, 1.54) is 6.07 Å². The van der Waals surface area contributed by atoms with Gasteiger partial charge in [-0.25, -0.2) is 0 Å². The van der Waals surface area contributed by atoms with Crippen LogP contribution in [0.25, 0.3) is 21.9 Å². The van der Waals surface area contributed by atoms with Gasteiger partial charge in [-0.15, -0.1) is 17.0 Å². The molecule has 0 fully saturated rings. The van der Waals surface area contributed by atoms with Crippen molar-refractivity contribution in [2.45, 2.75) is 0 Å². The Morgan fingerprint density at radius 1 is 1.07 bits per heavy atom. The molecule has 2 N–H and O–H groups in total. The smallest absolute Gasteiger partial charge is 0.249 e. The number of aromatic nitrogens is 3. The van der Waals surface area contributed by atoms with E-state index >= 15 is 0 Å². The molecular weight excluding hydrogens is 258 g/mol. The molecule has 0 atom stereocenters. The first-order valence-electron chi connectivity index (χ1n) is 4.29. The summed E-state index contributed by atoms with van der Waals surface area (Å²) < 4.78 is 0. The zero-order valence-corrected chi connectivity index (χ0v) is 9.36. The zero-order valence-electron chi connectivity index (χ0n) is 7.65. The third-order valence-electron chi connectivity index (χ3n) is 2.29. The molecule has 0 unspecified atom stereocenters. The summed E-state index contributed by atoms with van der Waals surface area (Å²) in [4.78, 5) is 21.0. The second-order valence-corrected chi connectivity index (χ2v) is 3.16. The molecule has 0 aliphatic rings. The van der Waals surface area contributed by atoms with Crippen molar-refractivity contribution in [3.8, 4) is 0 Å². The minimum Gasteiger partial charge on any atom is -0.341 e. The minimum absolute atomic E-state index is 0. The molecule has 0 saturated carbocycles. The molecule has 3 aromatic rings. The van der Waals surface area contributed by atoms with Crippen molar-refractivity contribution in [3.05, 3.63) is 40.9 Å². The molecule has 3 heterocycles. The number of halogens is 1. The van der Waals surface area contributed by atoms with Gasteiger partial charge in [0.2, 0.25) is 5.56 Å². The first-order chi connectivity index (χ1) is 6.84. The highest BCUT2D eigenvalue weighted by Crippen LogP contribution is 2.20. The maximum absolute atomic E-state index is 11.1. The maximum atomic E-state index is 11.1. The van der Waals surface area contributed by atoms with E-state index in [0.29, 0.717) is 0 Å². The van der Waals surface area contributed by atoms with Gasteiger partial charge < -0.3 is 9.97 Å². The Morgan fingerprint density at radius 2 is 1.93 bits per heavy atom. The average molecular weight is 266 g/mol. The quantitative estimate of drug-likeness (QED) is 0.653. The van der Waals surface area contributed by atoms with Gasteiger partial charge in [0.25, 0.3) is 0 Å². The van der Waals surface area contributed by atoms with Gasteiger partial charge >= 0.3 is 0 Å². The van der Waals surface area contributed by atoms with E-state index in [1.54, 1.807) is 18.5 Å². The monoisotopic (exact) mass is 265 g/mol. The third-order valence-corrected chi connectivity index (χ3v) is 2.29. The van der Waals surface area contributed by atoms with Crippen LogP contribution in [0.4, 0.5) is 0 Å². The van der Waals surface area contributed by atoms with E-state index in [-0.39, 0.29) is 22.5 Å². The molecule has 5 heteroatoms. The van der Waals surface area contributed by atoms with E-state index in [9.17, 15) is 4.79 Å². The lowest BCUT2D eigenvalue weighted by Crippen LogP contribution is -2.01. The van der Waals surface area contributed by atoms with Crippen LogP contribution in [0.2, 0.25) is 0 Å². The number of hydrogen-bond acceptors (Lipinski definition) is 2. The highest BCUT2D eigenvalue weighted by Gasteiger charge is 2.03. The Hall–Kier alpha value is -1.62. The molecule has 0 amide bonds. The predicted octanol–water partition coefficient (Wildman–Crippen LogP) is 1.98. The van der Waals surface area contributed by atoms with Gasteiger partial charge in [0.05, 0.1) is 5.52 Å². The number of aromatic amines is 2. The summed E-state index contributed by atoms with van der Waals surface area (Å²) in [5, 5.41) is 2.02. The SMILES string of the molecule is Br.O=c1ccc2c([nH]1)[nH]c1ccncc12. The fraction of sp³-hybridized carbons (Fsp3) is 0. The van der Waals surface area contributed by atoms with Gasteiger partial charge in [0.1, 0.15) is 5.65 Å². The van der Waals surface area contributed by atoms with Crippen LogP contribution >= 0.6 is 17.0 Å². The van der Waals surface area contributed by atoms with Crippen molar-refractivity contribution >= 4 is 38.9 Å². The molecule has 0 aromatic carbocycles. The van der Waals surface area contributed by atoms with Gasteiger partial charge in [-0.2, -0.15) is 0 Å². The topological polar surface area (TPSA) is 61.5 Å².